The Labute approximate surface area is 118 Å². The average molecular weight is 305 g/mol. The molecule has 1 aliphatic rings. The maximum Gasteiger partial charge on any atom is 0.313 e. The second-order valence-corrected chi connectivity index (χ2v) is 5.93. The number of sulfonamides is 1. The van der Waals surface area contributed by atoms with Gasteiger partial charge in [-0.2, -0.15) is 4.31 Å². The fraction of sp³-hybridized carbons (Fsp3) is 0. The smallest absolute Gasteiger partial charge is 0.267 e. The molecule has 0 spiro atoms. The zero-order chi connectivity index (χ0) is 15.2. The Kier molecular flexibility index (Phi) is 2.73. The van der Waals surface area contributed by atoms with E-state index in [2.05, 4.69) is 4.98 Å². The summed E-state index contributed by atoms with van der Waals surface area (Å²) in [7, 11) is -4.19. The lowest BCUT2D eigenvalue weighted by Crippen LogP contribution is -2.31. The molecule has 9 heteroatoms. The lowest BCUT2D eigenvalue weighted by molar-refractivity contribution is -0.384. The van der Waals surface area contributed by atoms with Crippen molar-refractivity contribution in [3.63, 3.8) is 0 Å². The van der Waals surface area contributed by atoms with E-state index in [-0.39, 0.29) is 10.5 Å². The first kappa shape index (κ1) is 13.2. The number of fused-ring (bicyclic) bond motifs is 1. The molecule has 21 heavy (non-hydrogen) atoms. The van der Waals surface area contributed by atoms with Crippen molar-refractivity contribution >= 4 is 27.4 Å². The molecule has 0 bridgehead atoms. The standard InChI is InChI=1S/C12H7N3O5S/c16-12-8-4-1-2-6-10(8)21(19,20)14(12)11-9(15(17)18)5-3-7-13-11/h1-7H. The molecule has 0 saturated carbocycles. The van der Waals surface area contributed by atoms with Crippen molar-refractivity contribution in [1.82, 2.24) is 4.98 Å². The van der Waals surface area contributed by atoms with Crippen LogP contribution in [0.15, 0.2) is 47.5 Å². The summed E-state index contributed by atoms with van der Waals surface area (Å²) < 4.78 is 25.2. The largest absolute Gasteiger partial charge is 0.313 e. The zero-order valence-electron chi connectivity index (χ0n) is 10.3. The molecule has 0 unspecified atom stereocenters. The zero-order valence-corrected chi connectivity index (χ0v) is 11.1. The van der Waals surface area contributed by atoms with Crippen LogP contribution in [-0.2, 0) is 10.0 Å². The quantitative estimate of drug-likeness (QED) is 0.611. The molecule has 2 aromatic rings. The van der Waals surface area contributed by atoms with E-state index in [0.29, 0.717) is 4.31 Å². The third kappa shape index (κ3) is 1.78. The third-order valence-electron chi connectivity index (χ3n) is 2.98. The topological polar surface area (TPSA) is 110 Å². The minimum absolute atomic E-state index is 0.0301. The number of hydrogen-bond donors (Lipinski definition) is 0. The van der Waals surface area contributed by atoms with Crippen LogP contribution in [0.3, 0.4) is 0 Å². The van der Waals surface area contributed by atoms with Crippen molar-refractivity contribution in [2.45, 2.75) is 4.90 Å². The summed E-state index contributed by atoms with van der Waals surface area (Å²) in [5, 5.41) is 11.0. The third-order valence-corrected chi connectivity index (χ3v) is 4.71. The van der Waals surface area contributed by atoms with Gasteiger partial charge in [0.25, 0.3) is 15.9 Å². The summed E-state index contributed by atoms with van der Waals surface area (Å²) in [6, 6.07) is 8.00. The van der Waals surface area contributed by atoms with Crippen LogP contribution in [0, 0.1) is 10.1 Å². The van der Waals surface area contributed by atoms with Crippen LogP contribution >= 0.6 is 0 Å². The number of nitrogens with zero attached hydrogens (tertiary/aromatic N) is 3. The molecule has 0 saturated heterocycles. The van der Waals surface area contributed by atoms with Crippen LogP contribution in [-0.4, -0.2) is 24.2 Å². The van der Waals surface area contributed by atoms with Gasteiger partial charge in [-0.05, 0) is 18.2 Å². The number of hydrogen-bond acceptors (Lipinski definition) is 6. The molecule has 106 valence electrons. The van der Waals surface area contributed by atoms with Crippen molar-refractivity contribution in [1.29, 1.82) is 0 Å². The lowest BCUT2D eigenvalue weighted by atomic mass is 10.2. The highest BCUT2D eigenvalue weighted by atomic mass is 32.2. The van der Waals surface area contributed by atoms with Crippen LogP contribution in [0.1, 0.15) is 10.4 Å². The molecule has 1 aromatic heterocycles. The van der Waals surface area contributed by atoms with Crippen LogP contribution in [0.4, 0.5) is 11.5 Å². The molecule has 0 radical (unpaired) electrons. The van der Waals surface area contributed by atoms with Crippen LogP contribution in [0.25, 0.3) is 0 Å². The molecule has 2 heterocycles. The van der Waals surface area contributed by atoms with E-state index in [4.69, 9.17) is 0 Å². The van der Waals surface area contributed by atoms with Crippen molar-refractivity contribution < 1.29 is 18.1 Å². The first-order valence-corrected chi connectivity index (χ1v) is 7.16. The first-order chi connectivity index (χ1) is 9.94. The highest BCUT2D eigenvalue weighted by Gasteiger charge is 2.45. The van der Waals surface area contributed by atoms with Crippen molar-refractivity contribution in [2.75, 3.05) is 4.31 Å². The van der Waals surface area contributed by atoms with Gasteiger partial charge in [0.2, 0.25) is 5.82 Å². The van der Waals surface area contributed by atoms with Gasteiger partial charge < -0.3 is 0 Å². The Morgan fingerprint density at radius 1 is 1.14 bits per heavy atom. The number of aromatic nitrogens is 1. The molecule has 1 aliphatic heterocycles. The van der Waals surface area contributed by atoms with Gasteiger partial charge in [0.05, 0.1) is 10.5 Å². The minimum Gasteiger partial charge on any atom is -0.267 e. The number of nitro groups is 1. The second kappa shape index (κ2) is 4.35. The highest BCUT2D eigenvalue weighted by Crippen LogP contribution is 2.37. The first-order valence-electron chi connectivity index (χ1n) is 5.72. The Hall–Kier alpha value is -2.81. The molecular formula is C12H7N3O5S. The molecule has 1 amide bonds. The number of amides is 1. The van der Waals surface area contributed by atoms with E-state index in [9.17, 15) is 23.3 Å². The molecule has 0 fully saturated rings. The van der Waals surface area contributed by atoms with Crippen LogP contribution in [0.2, 0.25) is 0 Å². The van der Waals surface area contributed by atoms with E-state index in [0.717, 1.165) is 6.07 Å². The van der Waals surface area contributed by atoms with E-state index in [1.807, 2.05) is 0 Å². The summed E-state index contributed by atoms with van der Waals surface area (Å²) in [6.45, 7) is 0. The monoisotopic (exact) mass is 305 g/mol. The Bertz CT molecular complexity index is 878. The van der Waals surface area contributed by atoms with E-state index < -0.39 is 32.4 Å². The highest BCUT2D eigenvalue weighted by molar-refractivity contribution is 7.94. The number of carbonyl (C=O) groups excluding carboxylic acids is 1. The molecule has 0 atom stereocenters. The number of benzene rings is 1. The molecule has 3 rings (SSSR count). The number of rotatable bonds is 2. The van der Waals surface area contributed by atoms with E-state index >= 15 is 0 Å². The maximum absolute atomic E-state index is 12.4. The molecule has 0 N–H and O–H groups in total. The molecule has 0 aliphatic carbocycles. The Morgan fingerprint density at radius 2 is 1.86 bits per heavy atom. The van der Waals surface area contributed by atoms with Crippen LogP contribution < -0.4 is 4.31 Å². The van der Waals surface area contributed by atoms with Gasteiger partial charge in [0.1, 0.15) is 4.90 Å². The number of anilines is 1. The average Bonchev–Trinajstić information content (AvgIpc) is 2.67. The number of pyridine rings is 1. The summed E-state index contributed by atoms with van der Waals surface area (Å²) >= 11 is 0. The summed E-state index contributed by atoms with van der Waals surface area (Å²) in [5.74, 6) is -1.36. The maximum atomic E-state index is 12.4. The molecular weight excluding hydrogens is 298 g/mol. The van der Waals surface area contributed by atoms with Gasteiger partial charge in [-0.1, -0.05) is 12.1 Å². The fourth-order valence-electron chi connectivity index (χ4n) is 2.08. The van der Waals surface area contributed by atoms with E-state index in [1.165, 1.54) is 36.5 Å². The van der Waals surface area contributed by atoms with Gasteiger partial charge in [0.15, 0.2) is 0 Å². The SMILES string of the molecule is O=C1c2ccccc2S(=O)(=O)N1c1ncccc1[N+](=O)[O-]. The van der Waals surface area contributed by atoms with Crippen LogP contribution in [0.5, 0.6) is 0 Å². The van der Waals surface area contributed by atoms with Crippen molar-refractivity contribution in [3.05, 3.63) is 58.3 Å². The molecule has 1 aromatic carbocycles. The summed E-state index contributed by atoms with van der Waals surface area (Å²) in [5.41, 5.74) is -0.584. The van der Waals surface area contributed by atoms with Gasteiger partial charge >= 0.3 is 5.69 Å². The fourth-order valence-corrected chi connectivity index (χ4v) is 3.65. The summed E-state index contributed by atoms with van der Waals surface area (Å²) in [6.07, 6.45) is 1.19. The normalized spacial score (nSPS) is 15.8. The van der Waals surface area contributed by atoms with Gasteiger partial charge in [-0.25, -0.2) is 13.4 Å². The lowest BCUT2D eigenvalue weighted by Gasteiger charge is -2.13. The second-order valence-electron chi connectivity index (χ2n) is 4.17. The van der Waals surface area contributed by atoms with Gasteiger partial charge in [-0.3, -0.25) is 14.9 Å². The van der Waals surface area contributed by atoms with Crippen molar-refractivity contribution in [2.24, 2.45) is 0 Å². The van der Waals surface area contributed by atoms with Crippen molar-refractivity contribution in [3.8, 4) is 0 Å². The summed E-state index contributed by atoms with van der Waals surface area (Å²) in [4.78, 5) is 26.0. The Balaban J connectivity index is 2.28. The molecule has 8 nitrogen and oxygen atoms in total. The van der Waals surface area contributed by atoms with E-state index in [1.54, 1.807) is 0 Å². The predicted molar refractivity (Wildman–Crippen MR) is 71.3 cm³/mol. The van der Waals surface area contributed by atoms with Gasteiger partial charge in [-0.15, -0.1) is 0 Å². The predicted octanol–water partition coefficient (Wildman–Crippen LogP) is 1.34. The Morgan fingerprint density at radius 3 is 2.52 bits per heavy atom. The number of carbonyl (C=O) groups is 1. The van der Waals surface area contributed by atoms with Gasteiger partial charge in [0, 0.05) is 12.3 Å². The minimum atomic E-state index is -4.19.